The van der Waals surface area contributed by atoms with Crippen molar-refractivity contribution >= 4 is 11.6 Å². The Bertz CT molecular complexity index is 572. The van der Waals surface area contributed by atoms with Crippen LogP contribution in [0.1, 0.15) is 18.1 Å². The molecular formula is C14H15ClN4. The lowest BCUT2D eigenvalue weighted by Gasteiger charge is -2.15. The zero-order valence-corrected chi connectivity index (χ0v) is 11.4. The van der Waals surface area contributed by atoms with Gasteiger partial charge in [-0.1, -0.05) is 17.7 Å². The Morgan fingerprint density at radius 2 is 2.37 bits per heavy atom. The molecule has 4 nitrogen and oxygen atoms in total. The Hall–Kier alpha value is -1.83. The van der Waals surface area contributed by atoms with Gasteiger partial charge in [-0.25, -0.2) is 4.98 Å². The molecule has 0 spiro atoms. The van der Waals surface area contributed by atoms with Crippen LogP contribution < -0.4 is 5.32 Å². The number of imidazole rings is 1. The lowest BCUT2D eigenvalue weighted by atomic mass is 10.1. The van der Waals surface area contributed by atoms with Crippen LogP contribution in [0, 0.1) is 11.3 Å². The summed E-state index contributed by atoms with van der Waals surface area (Å²) in [5.74, 6) is 0. The highest BCUT2D eigenvalue weighted by atomic mass is 35.5. The highest BCUT2D eigenvalue weighted by Crippen LogP contribution is 2.17. The lowest BCUT2D eigenvalue weighted by Crippen LogP contribution is -2.29. The lowest BCUT2D eigenvalue weighted by molar-refractivity contribution is 0.476. The number of benzene rings is 1. The molecule has 19 heavy (non-hydrogen) atoms. The predicted molar refractivity (Wildman–Crippen MR) is 74.7 cm³/mol. The van der Waals surface area contributed by atoms with Gasteiger partial charge < -0.3 is 9.88 Å². The molecule has 0 aliphatic heterocycles. The van der Waals surface area contributed by atoms with E-state index in [-0.39, 0.29) is 0 Å². The zero-order valence-electron chi connectivity index (χ0n) is 10.7. The molecule has 0 amide bonds. The van der Waals surface area contributed by atoms with Crippen molar-refractivity contribution < 1.29 is 0 Å². The van der Waals surface area contributed by atoms with Crippen LogP contribution in [-0.4, -0.2) is 15.6 Å². The van der Waals surface area contributed by atoms with E-state index in [2.05, 4.69) is 23.3 Å². The highest BCUT2D eigenvalue weighted by Gasteiger charge is 2.05. The van der Waals surface area contributed by atoms with E-state index in [1.807, 2.05) is 16.8 Å². The van der Waals surface area contributed by atoms with E-state index in [1.165, 1.54) is 0 Å². The van der Waals surface area contributed by atoms with E-state index in [0.29, 0.717) is 23.2 Å². The minimum Gasteiger partial charge on any atom is -0.336 e. The summed E-state index contributed by atoms with van der Waals surface area (Å²) < 4.78 is 2.03. The third kappa shape index (κ3) is 3.82. The third-order valence-electron chi connectivity index (χ3n) is 2.87. The van der Waals surface area contributed by atoms with E-state index in [1.54, 1.807) is 24.7 Å². The Balaban J connectivity index is 1.90. The number of halogens is 1. The number of nitrogens with one attached hydrogen (secondary N) is 1. The second kappa shape index (κ2) is 6.37. The predicted octanol–water partition coefficient (Wildman–Crippen LogP) is 2.59. The van der Waals surface area contributed by atoms with E-state index in [9.17, 15) is 0 Å². The maximum atomic E-state index is 8.78. The first-order chi connectivity index (χ1) is 9.19. The fourth-order valence-corrected chi connectivity index (χ4v) is 2.07. The zero-order chi connectivity index (χ0) is 13.7. The molecule has 0 saturated heterocycles. The molecule has 0 saturated carbocycles. The Morgan fingerprint density at radius 3 is 3.00 bits per heavy atom. The Kier molecular flexibility index (Phi) is 4.56. The van der Waals surface area contributed by atoms with Crippen LogP contribution >= 0.6 is 11.6 Å². The molecule has 0 aliphatic rings. The second-order valence-electron chi connectivity index (χ2n) is 4.46. The average molecular weight is 275 g/mol. The highest BCUT2D eigenvalue weighted by molar-refractivity contribution is 6.31. The van der Waals surface area contributed by atoms with Gasteiger partial charge in [0.2, 0.25) is 0 Å². The van der Waals surface area contributed by atoms with Crippen molar-refractivity contribution in [1.29, 1.82) is 5.26 Å². The fourth-order valence-electron chi connectivity index (χ4n) is 1.82. The van der Waals surface area contributed by atoms with Gasteiger partial charge in [0.1, 0.15) is 0 Å². The van der Waals surface area contributed by atoms with Crippen LogP contribution in [0.3, 0.4) is 0 Å². The molecule has 0 radical (unpaired) electrons. The molecule has 98 valence electrons. The number of rotatable bonds is 5. The van der Waals surface area contributed by atoms with Crippen LogP contribution in [0.15, 0.2) is 36.9 Å². The summed E-state index contributed by atoms with van der Waals surface area (Å²) in [6, 6.07) is 7.74. The molecule has 0 aliphatic carbocycles. The molecule has 2 aromatic rings. The normalized spacial score (nSPS) is 12.1. The van der Waals surface area contributed by atoms with Crippen molar-refractivity contribution in [2.75, 3.05) is 0 Å². The van der Waals surface area contributed by atoms with Crippen molar-refractivity contribution in [1.82, 2.24) is 14.9 Å². The molecule has 0 bridgehead atoms. The summed E-state index contributed by atoms with van der Waals surface area (Å²) in [6.07, 6.45) is 5.50. The summed E-state index contributed by atoms with van der Waals surface area (Å²) in [5.41, 5.74) is 1.58. The SMILES string of the molecule is CC(Cn1ccnc1)NCc1ccc(C#N)cc1Cl. The number of aromatic nitrogens is 2. The number of nitrogens with zero attached hydrogens (tertiary/aromatic N) is 3. The molecule has 1 aromatic carbocycles. The third-order valence-corrected chi connectivity index (χ3v) is 3.22. The van der Waals surface area contributed by atoms with Crippen LogP contribution in [0.4, 0.5) is 0 Å². The van der Waals surface area contributed by atoms with E-state index >= 15 is 0 Å². The monoisotopic (exact) mass is 274 g/mol. The Labute approximate surface area is 117 Å². The largest absolute Gasteiger partial charge is 0.336 e. The Morgan fingerprint density at radius 1 is 1.53 bits per heavy atom. The molecule has 1 N–H and O–H groups in total. The molecular weight excluding hydrogens is 260 g/mol. The fraction of sp³-hybridized carbons (Fsp3) is 0.286. The number of nitriles is 1. The van der Waals surface area contributed by atoms with Crippen LogP contribution in [0.5, 0.6) is 0 Å². The van der Waals surface area contributed by atoms with Gasteiger partial charge in [-0.15, -0.1) is 0 Å². The van der Waals surface area contributed by atoms with Crippen LogP contribution in [-0.2, 0) is 13.1 Å². The number of hydrogen-bond acceptors (Lipinski definition) is 3. The van der Waals surface area contributed by atoms with Gasteiger partial charge in [0.15, 0.2) is 0 Å². The quantitative estimate of drug-likeness (QED) is 0.912. The molecule has 1 aromatic heterocycles. The van der Waals surface area contributed by atoms with Crippen LogP contribution in [0.2, 0.25) is 5.02 Å². The van der Waals surface area contributed by atoms with Gasteiger partial charge in [0.05, 0.1) is 18.0 Å². The maximum Gasteiger partial charge on any atom is 0.0992 e. The second-order valence-corrected chi connectivity index (χ2v) is 4.87. The minimum absolute atomic E-state index is 0.306. The standard InChI is InChI=1S/C14H15ClN4/c1-11(9-19-5-4-17-10-19)18-8-13-3-2-12(7-16)6-14(13)15/h2-6,10-11,18H,8-9H2,1H3. The first kappa shape index (κ1) is 13.6. The van der Waals surface area contributed by atoms with Gasteiger partial charge in [0, 0.05) is 36.5 Å². The van der Waals surface area contributed by atoms with Crippen LogP contribution in [0.25, 0.3) is 0 Å². The van der Waals surface area contributed by atoms with Gasteiger partial charge in [-0.2, -0.15) is 5.26 Å². The first-order valence-corrected chi connectivity index (χ1v) is 6.44. The average Bonchev–Trinajstić information content (AvgIpc) is 2.90. The molecule has 2 rings (SSSR count). The van der Waals surface area contributed by atoms with Crippen molar-refractivity contribution in [2.45, 2.75) is 26.1 Å². The van der Waals surface area contributed by atoms with Gasteiger partial charge in [-0.3, -0.25) is 0 Å². The number of hydrogen-bond donors (Lipinski definition) is 1. The molecule has 0 fully saturated rings. The summed E-state index contributed by atoms with van der Waals surface area (Å²) in [6.45, 7) is 3.64. The van der Waals surface area contributed by atoms with Crippen molar-refractivity contribution in [3.05, 3.63) is 53.1 Å². The maximum absolute atomic E-state index is 8.78. The topological polar surface area (TPSA) is 53.6 Å². The summed E-state index contributed by atoms with van der Waals surface area (Å²) in [5, 5.41) is 12.8. The summed E-state index contributed by atoms with van der Waals surface area (Å²) in [4.78, 5) is 4.01. The van der Waals surface area contributed by atoms with Crippen molar-refractivity contribution in [3.8, 4) is 6.07 Å². The van der Waals surface area contributed by atoms with Crippen molar-refractivity contribution in [3.63, 3.8) is 0 Å². The molecule has 1 atom stereocenters. The van der Waals surface area contributed by atoms with E-state index < -0.39 is 0 Å². The molecule has 1 unspecified atom stereocenters. The van der Waals surface area contributed by atoms with Crippen molar-refractivity contribution in [2.24, 2.45) is 0 Å². The van der Waals surface area contributed by atoms with Gasteiger partial charge in [-0.05, 0) is 24.6 Å². The smallest absolute Gasteiger partial charge is 0.0992 e. The molecule has 1 heterocycles. The minimum atomic E-state index is 0.306. The van der Waals surface area contributed by atoms with E-state index in [4.69, 9.17) is 16.9 Å². The first-order valence-electron chi connectivity index (χ1n) is 6.06. The molecule has 5 heteroatoms. The van der Waals surface area contributed by atoms with Gasteiger partial charge in [0.25, 0.3) is 0 Å². The van der Waals surface area contributed by atoms with Gasteiger partial charge >= 0.3 is 0 Å². The summed E-state index contributed by atoms with van der Waals surface area (Å²) >= 11 is 6.13. The van der Waals surface area contributed by atoms with E-state index in [0.717, 1.165) is 12.1 Å². The summed E-state index contributed by atoms with van der Waals surface area (Å²) in [7, 11) is 0.